The Morgan fingerprint density at radius 3 is 2.26 bits per heavy atom. The van der Waals surface area contributed by atoms with E-state index < -0.39 is 5.97 Å². The number of carbonyl (C=O) groups is 2. The summed E-state index contributed by atoms with van der Waals surface area (Å²) in [5.74, 6) is -0.532. The van der Waals surface area contributed by atoms with E-state index in [1.807, 2.05) is 0 Å². The van der Waals surface area contributed by atoms with Gasteiger partial charge < -0.3 is 15.1 Å². The van der Waals surface area contributed by atoms with Gasteiger partial charge in [-0.05, 0) is 43.0 Å². The third-order valence-corrected chi connectivity index (χ3v) is 3.48. The van der Waals surface area contributed by atoms with E-state index in [0.29, 0.717) is 18.7 Å². The average Bonchev–Trinajstić information content (AvgIpc) is 2.39. The molecule has 1 aromatic carbocycles. The number of aromatic hydroxyl groups is 1. The minimum Gasteiger partial charge on any atom is -0.508 e. The van der Waals surface area contributed by atoms with Crippen LogP contribution < -0.4 is 0 Å². The number of nitrogens with zero attached hydrogens (tertiary/aromatic N) is 1. The second-order valence-corrected chi connectivity index (χ2v) is 4.88. The molecule has 1 heterocycles. The Kier molecular flexibility index (Phi) is 4.04. The van der Waals surface area contributed by atoms with E-state index in [1.165, 1.54) is 12.1 Å². The zero-order valence-electron chi connectivity index (χ0n) is 10.6. The van der Waals surface area contributed by atoms with Crippen LogP contribution in [0.25, 0.3) is 0 Å². The third-order valence-electron chi connectivity index (χ3n) is 3.48. The highest BCUT2D eigenvalue weighted by Gasteiger charge is 2.24. The van der Waals surface area contributed by atoms with E-state index in [0.717, 1.165) is 12.8 Å². The molecule has 1 aromatic rings. The highest BCUT2D eigenvalue weighted by molar-refractivity contribution is 5.94. The number of carboxylic acids is 1. The van der Waals surface area contributed by atoms with Gasteiger partial charge in [0.2, 0.25) is 0 Å². The highest BCUT2D eigenvalue weighted by Crippen LogP contribution is 2.22. The van der Waals surface area contributed by atoms with Gasteiger partial charge in [0.15, 0.2) is 0 Å². The monoisotopic (exact) mass is 263 g/mol. The van der Waals surface area contributed by atoms with Crippen molar-refractivity contribution >= 4 is 11.9 Å². The van der Waals surface area contributed by atoms with Crippen molar-refractivity contribution in [1.29, 1.82) is 0 Å². The molecule has 0 radical (unpaired) electrons. The summed E-state index contributed by atoms with van der Waals surface area (Å²) in [5, 5.41) is 17.9. The summed E-state index contributed by atoms with van der Waals surface area (Å²) >= 11 is 0. The Morgan fingerprint density at radius 1 is 1.16 bits per heavy atom. The fraction of sp³-hybridized carbons (Fsp3) is 0.429. The molecule has 1 amide bonds. The van der Waals surface area contributed by atoms with Gasteiger partial charge in [0, 0.05) is 25.1 Å². The molecule has 0 bridgehead atoms. The molecule has 0 saturated carbocycles. The Labute approximate surface area is 111 Å². The van der Waals surface area contributed by atoms with Crippen molar-refractivity contribution in [2.24, 2.45) is 5.92 Å². The largest absolute Gasteiger partial charge is 0.508 e. The number of phenolic OH excluding ortho intramolecular Hbond substituents is 1. The highest BCUT2D eigenvalue weighted by atomic mass is 16.4. The number of rotatable bonds is 3. The first kappa shape index (κ1) is 13.4. The summed E-state index contributed by atoms with van der Waals surface area (Å²) in [6, 6.07) is 6.18. The lowest BCUT2D eigenvalue weighted by Gasteiger charge is -2.31. The molecular formula is C14H17NO4. The Morgan fingerprint density at radius 2 is 1.74 bits per heavy atom. The minimum absolute atomic E-state index is 0.0613. The molecule has 0 aromatic heterocycles. The standard InChI is InChI=1S/C14H17NO4/c16-12-3-1-11(2-4-12)14(19)15-7-5-10(6-8-15)9-13(17)18/h1-4,10,16H,5-9H2,(H,17,18). The molecule has 19 heavy (non-hydrogen) atoms. The van der Waals surface area contributed by atoms with Crippen LogP contribution >= 0.6 is 0 Å². The predicted molar refractivity (Wildman–Crippen MR) is 69.0 cm³/mol. The lowest BCUT2D eigenvalue weighted by atomic mass is 9.93. The van der Waals surface area contributed by atoms with Crippen LogP contribution in [0.15, 0.2) is 24.3 Å². The van der Waals surface area contributed by atoms with E-state index in [1.54, 1.807) is 17.0 Å². The number of phenols is 1. The second-order valence-electron chi connectivity index (χ2n) is 4.88. The van der Waals surface area contributed by atoms with Crippen LogP contribution in [0.4, 0.5) is 0 Å². The molecule has 102 valence electrons. The summed E-state index contributed by atoms with van der Waals surface area (Å²) in [6.07, 6.45) is 1.65. The number of hydrogen-bond acceptors (Lipinski definition) is 3. The lowest BCUT2D eigenvalue weighted by Crippen LogP contribution is -2.38. The number of aliphatic carboxylic acids is 1. The molecule has 2 N–H and O–H groups in total. The number of carbonyl (C=O) groups excluding carboxylic acids is 1. The maximum absolute atomic E-state index is 12.2. The fourth-order valence-electron chi connectivity index (χ4n) is 2.37. The van der Waals surface area contributed by atoms with Gasteiger partial charge in [-0.25, -0.2) is 0 Å². The lowest BCUT2D eigenvalue weighted by molar-refractivity contribution is -0.138. The molecule has 0 unspecified atom stereocenters. The van der Waals surface area contributed by atoms with Gasteiger partial charge in [0.25, 0.3) is 5.91 Å². The number of piperidine rings is 1. The average molecular weight is 263 g/mol. The first-order chi connectivity index (χ1) is 9.06. The summed E-state index contributed by atoms with van der Waals surface area (Å²) in [6.45, 7) is 1.19. The van der Waals surface area contributed by atoms with Crippen LogP contribution in [0, 0.1) is 5.92 Å². The van der Waals surface area contributed by atoms with Gasteiger partial charge in [-0.15, -0.1) is 0 Å². The van der Waals surface area contributed by atoms with Crippen molar-refractivity contribution in [3.63, 3.8) is 0 Å². The molecule has 0 atom stereocenters. The van der Waals surface area contributed by atoms with E-state index in [9.17, 15) is 14.7 Å². The second kappa shape index (κ2) is 5.73. The van der Waals surface area contributed by atoms with Crippen LogP contribution in [0.3, 0.4) is 0 Å². The third kappa shape index (κ3) is 3.47. The van der Waals surface area contributed by atoms with Crippen LogP contribution in [0.5, 0.6) is 5.75 Å². The van der Waals surface area contributed by atoms with E-state index in [-0.39, 0.29) is 24.0 Å². The topological polar surface area (TPSA) is 77.8 Å². The molecule has 2 rings (SSSR count). The zero-order valence-corrected chi connectivity index (χ0v) is 10.6. The first-order valence-corrected chi connectivity index (χ1v) is 6.36. The number of hydrogen-bond donors (Lipinski definition) is 2. The number of likely N-dealkylation sites (tertiary alicyclic amines) is 1. The smallest absolute Gasteiger partial charge is 0.303 e. The Balaban J connectivity index is 1.92. The molecule has 1 fully saturated rings. The molecule has 0 spiro atoms. The van der Waals surface area contributed by atoms with Crippen LogP contribution in [0.1, 0.15) is 29.6 Å². The summed E-state index contributed by atoms with van der Waals surface area (Å²) < 4.78 is 0. The van der Waals surface area contributed by atoms with Crippen LogP contribution in [-0.2, 0) is 4.79 Å². The van der Waals surface area contributed by atoms with E-state index >= 15 is 0 Å². The van der Waals surface area contributed by atoms with Gasteiger partial charge in [-0.1, -0.05) is 0 Å². The van der Waals surface area contributed by atoms with Crippen LogP contribution in [-0.4, -0.2) is 40.1 Å². The first-order valence-electron chi connectivity index (χ1n) is 6.36. The van der Waals surface area contributed by atoms with Crippen LogP contribution in [0.2, 0.25) is 0 Å². The molecule has 5 nitrogen and oxygen atoms in total. The van der Waals surface area contributed by atoms with E-state index in [2.05, 4.69) is 0 Å². The zero-order chi connectivity index (χ0) is 13.8. The van der Waals surface area contributed by atoms with Crippen molar-refractivity contribution < 1.29 is 19.8 Å². The molecule has 1 aliphatic heterocycles. The number of benzene rings is 1. The SMILES string of the molecule is O=C(O)CC1CCN(C(=O)c2ccc(O)cc2)CC1. The summed E-state index contributed by atoms with van der Waals surface area (Å²) in [4.78, 5) is 24.5. The molecular weight excluding hydrogens is 246 g/mol. The quantitative estimate of drug-likeness (QED) is 0.870. The maximum atomic E-state index is 12.2. The predicted octanol–water partition coefficient (Wildman–Crippen LogP) is 1.72. The summed E-state index contributed by atoms with van der Waals surface area (Å²) in [5.41, 5.74) is 0.550. The van der Waals surface area contributed by atoms with Gasteiger partial charge in [-0.3, -0.25) is 9.59 Å². The fourth-order valence-corrected chi connectivity index (χ4v) is 2.37. The van der Waals surface area contributed by atoms with E-state index in [4.69, 9.17) is 5.11 Å². The summed E-state index contributed by atoms with van der Waals surface area (Å²) in [7, 11) is 0. The Bertz CT molecular complexity index is 461. The normalized spacial score (nSPS) is 16.3. The van der Waals surface area contributed by atoms with Gasteiger partial charge in [0.1, 0.15) is 5.75 Å². The van der Waals surface area contributed by atoms with Crippen molar-refractivity contribution in [3.05, 3.63) is 29.8 Å². The van der Waals surface area contributed by atoms with Gasteiger partial charge >= 0.3 is 5.97 Å². The minimum atomic E-state index is -0.775. The maximum Gasteiger partial charge on any atom is 0.303 e. The van der Waals surface area contributed by atoms with Crippen molar-refractivity contribution in [2.75, 3.05) is 13.1 Å². The number of amides is 1. The van der Waals surface area contributed by atoms with Gasteiger partial charge in [0.05, 0.1) is 0 Å². The molecule has 5 heteroatoms. The van der Waals surface area contributed by atoms with Crippen molar-refractivity contribution in [1.82, 2.24) is 4.90 Å². The molecule has 1 saturated heterocycles. The Hall–Kier alpha value is -2.04. The van der Waals surface area contributed by atoms with Crippen molar-refractivity contribution in [3.8, 4) is 5.75 Å². The molecule has 0 aliphatic carbocycles. The molecule has 1 aliphatic rings. The van der Waals surface area contributed by atoms with Crippen molar-refractivity contribution in [2.45, 2.75) is 19.3 Å². The number of carboxylic acid groups (broad SMARTS) is 1. The van der Waals surface area contributed by atoms with Gasteiger partial charge in [-0.2, -0.15) is 0 Å².